The highest BCUT2D eigenvalue weighted by Gasteiger charge is 2.47. The van der Waals surface area contributed by atoms with Crippen LogP contribution < -0.4 is 4.90 Å². The number of hydrogen-bond donors (Lipinski definition) is 0. The van der Waals surface area contributed by atoms with Gasteiger partial charge >= 0.3 is 0 Å². The highest BCUT2D eigenvalue weighted by molar-refractivity contribution is 5.98. The lowest BCUT2D eigenvalue weighted by atomic mass is 9.76. The first kappa shape index (κ1) is 15.3. The van der Waals surface area contributed by atoms with Crippen LogP contribution in [0.1, 0.15) is 18.9 Å². The summed E-state index contributed by atoms with van der Waals surface area (Å²) in [7, 11) is 0. The third-order valence-corrected chi connectivity index (χ3v) is 6.74. The first-order valence-corrected chi connectivity index (χ1v) is 10.2. The topological polar surface area (TPSA) is 21.1 Å². The summed E-state index contributed by atoms with van der Waals surface area (Å²) in [5.41, 5.74) is 9.79. The molecule has 3 heteroatoms. The van der Waals surface area contributed by atoms with Gasteiger partial charge in [-0.1, -0.05) is 48.6 Å². The Hall–Kier alpha value is -3.59. The molecule has 3 nitrogen and oxygen atoms in total. The van der Waals surface area contributed by atoms with Crippen LogP contribution in [-0.2, 0) is 5.41 Å². The van der Waals surface area contributed by atoms with Crippen molar-refractivity contribution >= 4 is 22.4 Å². The number of allylic oxidation sites excluding steroid dienone is 4. The van der Waals surface area contributed by atoms with E-state index in [0.29, 0.717) is 0 Å². The third kappa shape index (κ3) is 1.72. The van der Waals surface area contributed by atoms with E-state index in [2.05, 4.69) is 101 Å². The first-order valence-electron chi connectivity index (χ1n) is 10.2. The minimum atomic E-state index is -0.0125. The molecule has 1 unspecified atom stereocenters. The number of imidazole rings is 1. The highest BCUT2D eigenvalue weighted by Crippen LogP contribution is 2.59. The standard InChI is InChI=1S/C26H19N3/c1-26-16-7-6-15-23(26)29-22-14-5-4-13-21(22)28-20-12-3-2-11-19(20)27-25(28)17-9-8-10-18(26)24(17)29/h2-15H,16H2,1H3. The Balaban J connectivity index is 1.71. The molecule has 0 fully saturated rings. The largest absolute Gasteiger partial charge is 0.310 e. The van der Waals surface area contributed by atoms with E-state index in [1.165, 1.54) is 33.9 Å². The van der Waals surface area contributed by atoms with E-state index in [-0.39, 0.29) is 5.41 Å². The van der Waals surface area contributed by atoms with Crippen LogP contribution in [-0.4, -0.2) is 9.55 Å². The van der Waals surface area contributed by atoms with Crippen molar-refractivity contribution in [3.63, 3.8) is 0 Å². The predicted molar refractivity (Wildman–Crippen MR) is 118 cm³/mol. The van der Waals surface area contributed by atoms with Crippen molar-refractivity contribution in [2.45, 2.75) is 18.8 Å². The second-order valence-corrected chi connectivity index (χ2v) is 8.30. The van der Waals surface area contributed by atoms with Gasteiger partial charge in [0.2, 0.25) is 0 Å². The highest BCUT2D eigenvalue weighted by atomic mass is 15.2. The molecule has 0 radical (unpaired) electrons. The summed E-state index contributed by atoms with van der Waals surface area (Å²) in [5.74, 6) is 1.02. The molecule has 2 aliphatic heterocycles. The van der Waals surface area contributed by atoms with Gasteiger partial charge in [-0.2, -0.15) is 0 Å². The molecule has 4 aromatic rings. The average molecular weight is 373 g/mol. The lowest BCUT2D eigenvalue weighted by Gasteiger charge is -2.32. The summed E-state index contributed by atoms with van der Waals surface area (Å²) in [6.45, 7) is 2.37. The van der Waals surface area contributed by atoms with Crippen LogP contribution in [0.3, 0.4) is 0 Å². The molecule has 0 N–H and O–H groups in total. The molecule has 3 aliphatic rings. The molecule has 0 saturated heterocycles. The fraction of sp³-hybridized carbons (Fsp3) is 0.115. The summed E-state index contributed by atoms with van der Waals surface area (Å²) in [6.07, 6.45) is 7.79. The van der Waals surface area contributed by atoms with Crippen molar-refractivity contribution < 1.29 is 0 Å². The Morgan fingerprint density at radius 2 is 1.72 bits per heavy atom. The molecule has 7 rings (SSSR count). The Kier molecular flexibility index (Phi) is 2.68. The van der Waals surface area contributed by atoms with E-state index in [9.17, 15) is 0 Å². The number of para-hydroxylation sites is 5. The molecule has 1 aromatic heterocycles. The number of hydrogen-bond acceptors (Lipinski definition) is 2. The fourth-order valence-corrected chi connectivity index (χ4v) is 5.39. The second kappa shape index (κ2) is 5.06. The van der Waals surface area contributed by atoms with Crippen molar-refractivity contribution in [2.75, 3.05) is 4.90 Å². The van der Waals surface area contributed by atoms with Gasteiger partial charge in [0.1, 0.15) is 5.82 Å². The summed E-state index contributed by atoms with van der Waals surface area (Å²) < 4.78 is 2.33. The number of rotatable bonds is 0. The molecule has 0 amide bonds. The van der Waals surface area contributed by atoms with Gasteiger partial charge in [-0.15, -0.1) is 0 Å². The van der Waals surface area contributed by atoms with Crippen LogP contribution in [0, 0.1) is 0 Å². The summed E-state index contributed by atoms with van der Waals surface area (Å²) in [5, 5.41) is 0. The zero-order chi connectivity index (χ0) is 19.2. The van der Waals surface area contributed by atoms with Gasteiger partial charge in [-0.25, -0.2) is 4.98 Å². The van der Waals surface area contributed by atoms with E-state index in [0.717, 1.165) is 23.3 Å². The molecular weight excluding hydrogens is 354 g/mol. The molecule has 0 spiro atoms. The third-order valence-electron chi connectivity index (χ3n) is 6.74. The zero-order valence-electron chi connectivity index (χ0n) is 16.1. The first-order chi connectivity index (χ1) is 14.3. The number of aromatic nitrogens is 2. The minimum Gasteiger partial charge on any atom is -0.310 e. The Bertz CT molecular complexity index is 1400. The van der Waals surface area contributed by atoms with Crippen molar-refractivity contribution in [1.82, 2.24) is 9.55 Å². The number of nitrogens with zero attached hydrogens (tertiary/aromatic N) is 3. The molecule has 1 aliphatic carbocycles. The molecule has 3 aromatic carbocycles. The minimum absolute atomic E-state index is 0.0125. The van der Waals surface area contributed by atoms with Crippen LogP contribution in [0.5, 0.6) is 0 Å². The van der Waals surface area contributed by atoms with Crippen LogP contribution in [0.4, 0.5) is 11.4 Å². The van der Waals surface area contributed by atoms with Gasteiger partial charge in [-0.05, 0) is 55.3 Å². The van der Waals surface area contributed by atoms with Crippen molar-refractivity contribution in [3.05, 3.63) is 96.2 Å². The van der Waals surface area contributed by atoms with E-state index in [1.54, 1.807) is 0 Å². The van der Waals surface area contributed by atoms with E-state index in [4.69, 9.17) is 4.98 Å². The Morgan fingerprint density at radius 3 is 2.66 bits per heavy atom. The van der Waals surface area contributed by atoms with Gasteiger partial charge in [0.25, 0.3) is 0 Å². The maximum absolute atomic E-state index is 5.10. The normalized spacial score (nSPS) is 20.6. The second-order valence-electron chi connectivity index (χ2n) is 8.30. The SMILES string of the molecule is CC12CC=CC=C1N1c3ccccc3-n3c(nc4ccccc43)-c3cccc2c31. The molecule has 0 saturated carbocycles. The summed E-state index contributed by atoms with van der Waals surface area (Å²) >= 11 is 0. The fourth-order valence-electron chi connectivity index (χ4n) is 5.39. The smallest absolute Gasteiger partial charge is 0.147 e. The van der Waals surface area contributed by atoms with E-state index in [1.807, 2.05) is 0 Å². The number of anilines is 2. The van der Waals surface area contributed by atoms with Gasteiger partial charge in [0, 0.05) is 16.7 Å². The Morgan fingerprint density at radius 1 is 0.897 bits per heavy atom. The van der Waals surface area contributed by atoms with Crippen LogP contribution in [0.15, 0.2) is 90.7 Å². The maximum Gasteiger partial charge on any atom is 0.147 e. The predicted octanol–water partition coefficient (Wildman–Crippen LogP) is 6.26. The number of benzene rings is 3. The number of fused-ring (bicyclic) bond motifs is 10. The Labute approximate surface area is 169 Å². The molecule has 29 heavy (non-hydrogen) atoms. The molecule has 0 bridgehead atoms. The van der Waals surface area contributed by atoms with Crippen LogP contribution in [0.25, 0.3) is 28.1 Å². The van der Waals surface area contributed by atoms with E-state index >= 15 is 0 Å². The van der Waals surface area contributed by atoms with E-state index < -0.39 is 0 Å². The summed E-state index contributed by atoms with van der Waals surface area (Å²) in [6, 6.07) is 23.9. The molecular formula is C26H19N3. The van der Waals surface area contributed by atoms with Crippen LogP contribution in [0.2, 0.25) is 0 Å². The lowest BCUT2D eigenvalue weighted by molar-refractivity contribution is 0.577. The molecule has 3 heterocycles. The van der Waals surface area contributed by atoms with Gasteiger partial charge < -0.3 is 4.90 Å². The van der Waals surface area contributed by atoms with Crippen molar-refractivity contribution in [1.29, 1.82) is 0 Å². The van der Waals surface area contributed by atoms with Crippen molar-refractivity contribution in [3.8, 4) is 17.1 Å². The molecule has 1 atom stereocenters. The maximum atomic E-state index is 5.10. The van der Waals surface area contributed by atoms with Gasteiger partial charge in [0.15, 0.2) is 0 Å². The van der Waals surface area contributed by atoms with Gasteiger partial charge in [-0.3, -0.25) is 4.57 Å². The van der Waals surface area contributed by atoms with Crippen molar-refractivity contribution in [2.24, 2.45) is 0 Å². The lowest BCUT2D eigenvalue weighted by Crippen LogP contribution is -2.27. The quantitative estimate of drug-likeness (QED) is 0.363. The van der Waals surface area contributed by atoms with Gasteiger partial charge in [0.05, 0.1) is 28.1 Å². The van der Waals surface area contributed by atoms with Crippen LogP contribution >= 0.6 is 0 Å². The zero-order valence-corrected chi connectivity index (χ0v) is 16.1. The summed E-state index contributed by atoms with van der Waals surface area (Å²) in [4.78, 5) is 7.58. The monoisotopic (exact) mass is 373 g/mol. The average Bonchev–Trinajstić information content (AvgIpc) is 3.23. The molecule has 138 valence electrons.